The number of rotatable bonds is 3. The molecule has 1 aromatic rings. The van der Waals surface area contributed by atoms with Gasteiger partial charge in [-0.15, -0.1) is 0 Å². The molecule has 3 heteroatoms. The maximum Gasteiger partial charge on any atom is 0.165 e. The van der Waals surface area contributed by atoms with Crippen LogP contribution < -0.4 is 0 Å². The highest BCUT2D eigenvalue weighted by atomic mass is 79.9. The molecule has 1 atom stereocenters. The summed E-state index contributed by atoms with van der Waals surface area (Å²) in [5.74, 6) is -0.160. The van der Waals surface area contributed by atoms with E-state index in [2.05, 4.69) is 15.9 Å². The van der Waals surface area contributed by atoms with E-state index in [9.17, 15) is 9.90 Å². The summed E-state index contributed by atoms with van der Waals surface area (Å²) in [6.07, 6.45) is -0.650. The Morgan fingerprint density at radius 2 is 2.15 bits per heavy atom. The minimum Gasteiger partial charge on any atom is -0.381 e. The van der Waals surface area contributed by atoms with Gasteiger partial charge in [-0.1, -0.05) is 41.1 Å². The first-order valence-electron chi connectivity index (χ1n) is 4.12. The first kappa shape index (κ1) is 10.4. The maximum atomic E-state index is 11.2. The summed E-state index contributed by atoms with van der Waals surface area (Å²) >= 11 is 3.28. The van der Waals surface area contributed by atoms with E-state index in [1.54, 1.807) is 19.1 Å². The Hall–Kier alpha value is -0.670. The number of benzene rings is 1. The molecular formula is C10H11BrO2. The Balaban J connectivity index is 2.95. The predicted octanol–water partition coefficient (Wildman–Crippen LogP) is 2.46. The highest BCUT2D eigenvalue weighted by molar-refractivity contribution is 9.10. The molecule has 0 fully saturated rings. The molecule has 0 aromatic heterocycles. The predicted molar refractivity (Wildman–Crippen MR) is 54.4 cm³/mol. The standard InChI is InChI=1S/C10H11BrO2/c1-2-9(12)10(13)7-5-3-4-6-8(7)11/h3-6,10,13H,2H2,1H3. The Kier molecular flexibility index (Phi) is 3.63. The molecule has 0 heterocycles. The van der Waals surface area contributed by atoms with Crippen LogP contribution in [0.3, 0.4) is 0 Å². The van der Waals surface area contributed by atoms with Gasteiger partial charge in [0.25, 0.3) is 0 Å². The quantitative estimate of drug-likeness (QED) is 0.885. The number of ketones is 1. The average Bonchev–Trinajstić information content (AvgIpc) is 2.16. The van der Waals surface area contributed by atoms with Crippen LogP contribution in [0.1, 0.15) is 25.0 Å². The molecule has 0 bridgehead atoms. The summed E-state index contributed by atoms with van der Waals surface area (Å²) < 4.78 is 0.768. The van der Waals surface area contributed by atoms with Crippen molar-refractivity contribution < 1.29 is 9.90 Å². The fourth-order valence-electron chi connectivity index (χ4n) is 1.06. The van der Waals surface area contributed by atoms with Crippen molar-refractivity contribution >= 4 is 21.7 Å². The van der Waals surface area contributed by atoms with Crippen LogP contribution in [-0.4, -0.2) is 10.9 Å². The van der Waals surface area contributed by atoms with Gasteiger partial charge in [0.2, 0.25) is 0 Å². The summed E-state index contributed by atoms with van der Waals surface area (Å²) in [6.45, 7) is 1.74. The second-order valence-corrected chi connectivity index (χ2v) is 3.60. The summed E-state index contributed by atoms with van der Waals surface area (Å²) in [4.78, 5) is 11.2. The van der Waals surface area contributed by atoms with Crippen molar-refractivity contribution in [2.45, 2.75) is 19.4 Å². The van der Waals surface area contributed by atoms with Gasteiger partial charge in [0.05, 0.1) is 0 Å². The van der Waals surface area contributed by atoms with Crippen molar-refractivity contribution in [2.24, 2.45) is 0 Å². The lowest BCUT2D eigenvalue weighted by Gasteiger charge is -2.09. The first-order chi connectivity index (χ1) is 6.16. The van der Waals surface area contributed by atoms with Gasteiger partial charge < -0.3 is 5.11 Å². The third kappa shape index (κ3) is 2.39. The SMILES string of the molecule is CCC(=O)C(O)c1ccccc1Br. The molecule has 0 saturated heterocycles. The molecule has 1 N–H and O–H groups in total. The van der Waals surface area contributed by atoms with E-state index in [4.69, 9.17) is 0 Å². The molecule has 0 aliphatic heterocycles. The van der Waals surface area contributed by atoms with Crippen LogP contribution in [0.2, 0.25) is 0 Å². The molecule has 0 aliphatic rings. The molecule has 0 aliphatic carbocycles. The third-order valence-electron chi connectivity index (χ3n) is 1.85. The number of carbonyl (C=O) groups is 1. The Bertz CT molecular complexity index is 310. The van der Waals surface area contributed by atoms with Crippen LogP contribution in [0.5, 0.6) is 0 Å². The maximum absolute atomic E-state index is 11.2. The molecule has 1 unspecified atom stereocenters. The van der Waals surface area contributed by atoms with Gasteiger partial charge in [-0.05, 0) is 6.07 Å². The number of carbonyl (C=O) groups excluding carboxylic acids is 1. The van der Waals surface area contributed by atoms with Gasteiger partial charge in [0.15, 0.2) is 5.78 Å². The van der Waals surface area contributed by atoms with Crippen molar-refractivity contribution in [3.63, 3.8) is 0 Å². The lowest BCUT2D eigenvalue weighted by molar-refractivity contribution is -0.127. The number of aliphatic hydroxyl groups excluding tert-OH is 1. The summed E-state index contributed by atoms with van der Waals surface area (Å²) in [5, 5.41) is 9.59. The van der Waals surface area contributed by atoms with Crippen LogP contribution in [0.25, 0.3) is 0 Å². The molecule has 1 aromatic carbocycles. The normalized spacial score (nSPS) is 12.5. The number of aliphatic hydroxyl groups is 1. The summed E-state index contributed by atoms with van der Waals surface area (Å²) in [7, 11) is 0. The number of halogens is 1. The van der Waals surface area contributed by atoms with Crippen molar-refractivity contribution in [1.82, 2.24) is 0 Å². The minimum absolute atomic E-state index is 0.160. The number of hydrogen-bond donors (Lipinski definition) is 1. The molecular weight excluding hydrogens is 232 g/mol. The van der Waals surface area contributed by atoms with E-state index in [1.165, 1.54) is 0 Å². The number of Topliss-reactive ketones (excluding diaryl/α,β-unsaturated/α-hetero) is 1. The van der Waals surface area contributed by atoms with E-state index in [0.717, 1.165) is 4.47 Å². The fraction of sp³-hybridized carbons (Fsp3) is 0.300. The van der Waals surface area contributed by atoms with Crippen LogP contribution >= 0.6 is 15.9 Å². The summed E-state index contributed by atoms with van der Waals surface area (Å²) in [5.41, 5.74) is 0.634. The van der Waals surface area contributed by atoms with Crippen LogP contribution in [0.4, 0.5) is 0 Å². The van der Waals surface area contributed by atoms with Crippen LogP contribution in [-0.2, 0) is 4.79 Å². The van der Waals surface area contributed by atoms with E-state index >= 15 is 0 Å². The smallest absolute Gasteiger partial charge is 0.165 e. The minimum atomic E-state index is -0.999. The molecule has 2 nitrogen and oxygen atoms in total. The van der Waals surface area contributed by atoms with Gasteiger partial charge in [0.1, 0.15) is 6.10 Å². The second kappa shape index (κ2) is 4.53. The Morgan fingerprint density at radius 1 is 1.54 bits per heavy atom. The zero-order chi connectivity index (χ0) is 9.84. The monoisotopic (exact) mass is 242 g/mol. The van der Waals surface area contributed by atoms with E-state index in [1.807, 2.05) is 12.1 Å². The molecule has 0 saturated carbocycles. The summed E-state index contributed by atoms with van der Waals surface area (Å²) in [6, 6.07) is 7.19. The highest BCUT2D eigenvalue weighted by Crippen LogP contribution is 2.24. The van der Waals surface area contributed by atoms with Crippen molar-refractivity contribution in [1.29, 1.82) is 0 Å². The van der Waals surface area contributed by atoms with Crippen LogP contribution in [0.15, 0.2) is 28.7 Å². The van der Waals surface area contributed by atoms with Crippen molar-refractivity contribution in [2.75, 3.05) is 0 Å². The van der Waals surface area contributed by atoms with Crippen molar-refractivity contribution in [3.8, 4) is 0 Å². The molecule has 0 amide bonds. The first-order valence-corrected chi connectivity index (χ1v) is 4.91. The molecule has 1 rings (SSSR count). The zero-order valence-corrected chi connectivity index (χ0v) is 8.91. The Labute approximate surface area is 85.7 Å². The molecule has 0 spiro atoms. The molecule has 13 heavy (non-hydrogen) atoms. The topological polar surface area (TPSA) is 37.3 Å². The zero-order valence-electron chi connectivity index (χ0n) is 7.33. The second-order valence-electron chi connectivity index (χ2n) is 2.74. The highest BCUT2D eigenvalue weighted by Gasteiger charge is 2.16. The Morgan fingerprint density at radius 3 is 2.69 bits per heavy atom. The van der Waals surface area contributed by atoms with E-state index in [-0.39, 0.29) is 5.78 Å². The van der Waals surface area contributed by atoms with Crippen molar-refractivity contribution in [3.05, 3.63) is 34.3 Å². The van der Waals surface area contributed by atoms with Gasteiger partial charge in [-0.3, -0.25) is 4.79 Å². The van der Waals surface area contributed by atoms with Gasteiger partial charge in [-0.2, -0.15) is 0 Å². The lowest BCUT2D eigenvalue weighted by atomic mass is 10.0. The van der Waals surface area contributed by atoms with Gasteiger partial charge >= 0.3 is 0 Å². The van der Waals surface area contributed by atoms with Crippen LogP contribution in [0, 0.1) is 0 Å². The van der Waals surface area contributed by atoms with Gasteiger partial charge in [-0.25, -0.2) is 0 Å². The number of hydrogen-bond acceptors (Lipinski definition) is 2. The fourth-order valence-corrected chi connectivity index (χ4v) is 1.57. The molecule has 70 valence electrons. The van der Waals surface area contributed by atoms with E-state index in [0.29, 0.717) is 12.0 Å². The largest absolute Gasteiger partial charge is 0.381 e. The molecule has 0 radical (unpaired) electrons. The van der Waals surface area contributed by atoms with E-state index < -0.39 is 6.10 Å². The lowest BCUT2D eigenvalue weighted by Crippen LogP contribution is -2.10. The average molecular weight is 243 g/mol. The van der Waals surface area contributed by atoms with Gasteiger partial charge in [0, 0.05) is 16.5 Å². The third-order valence-corrected chi connectivity index (χ3v) is 2.58.